The van der Waals surface area contributed by atoms with Crippen LogP contribution < -0.4 is 10.6 Å². The molecule has 1 aromatic carbocycles. The third-order valence-electron chi connectivity index (χ3n) is 3.16. The molecule has 0 aliphatic rings. The number of nitrogens with zero attached hydrogens (tertiary/aromatic N) is 2. The van der Waals surface area contributed by atoms with Crippen LogP contribution in [0.3, 0.4) is 0 Å². The first kappa shape index (κ1) is 17.7. The maximum absolute atomic E-state index is 13.4. The van der Waals surface area contributed by atoms with Crippen molar-refractivity contribution in [1.29, 1.82) is 0 Å². The van der Waals surface area contributed by atoms with Gasteiger partial charge in [0, 0.05) is 24.4 Å². The Hall–Kier alpha value is -2.64. The van der Waals surface area contributed by atoms with Crippen molar-refractivity contribution >= 4 is 17.5 Å². The zero-order valence-electron chi connectivity index (χ0n) is 13.3. The number of nitrogens with one attached hydrogen (secondary N) is 2. The summed E-state index contributed by atoms with van der Waals surface area (Å²) >= 11 is 0. The van der Waals surface area contributed by atoms with Crippen molar-refractivity contribution in [2.45, 2.75) is 26.7 Å². The number of carbonyl (C=O) groups is 1. The molecule has 0 aliphatic heterocycles. The van der Waals surface area contributed by atoms with Gasteiger partial charge < -0.3 is 10.6 Å². The Labute approximate surface area is 137 Å². The van der Waals surface area contributed by atoms with Gasteiger partial charge in [0.1, 0.15) is 0 Å². The molecule has 0 atom stereocenters. The lowest BCUT2D eigenvalue weighted by atomic mass is 10.2. The number of anilines is 2. The van der Waals surface area contributed by atoms with Crippen LogP contribution >= 0.6 is 0 Å². The Bertz CT molecular complexity index is 732. The normalized spacial score (nSPS) is 10.5. The van der Waals surface area contributed by atoms with Gasteiger partial charge in [-0.25, -0.2) is 23.1 Å². The minimum Gasteiger partial charge on any atom is -0.354 e. The van der Waals surface area contributed by atoms with Crippen LogP contribution in [0, 0.1) is 31.3 Å². The van der Waals surface area contributed by atoms with E-state index < -0.39 is 23.4 Å². The van der Waals surface area contributed by atoms with E-state index in [4.69, 9.17) is 0 Å². The summed E-state index contributed by atoms with van der Waals surface area (Å²) in [5, 5.41) is 5.20. The van der Waals surface area contributed by atoms with Gasteiger partial charge in [-0.2, -0.15) is 0 Å². The molecule has 5 nitrogen and oxygen atoms in total. The molecule has 2 N–H and O–H groups in total. The number of amides is 1. The van der Waals surface area contributed by atoms with E-state index in [1.807, 2.05) is 19.9 Å². The molecule has 8 heteroatoms. The van der Waals surface area contributed by atoms with Gasteiger partial charge >= 0.3 is 0 Å². The lowest BCUT2D eigenvalue weighted by molar-refractivity contribution is -0.116. The van der Waals surface area contributed by atoms with Crippen LogP contribution in [0.5, 0.6) is 0 Å². The molecule has 1 aromatic heterocycles. The van der Waals surface area contributed by atoms with Gasteiger partial charge in [0.25, 0.3) is 0 Å². The highest BCUT2D eigenvalue weighted by Gasteiger charge is 2.15. The Balaban J connectivity index is 1.80. The topological polar surface area (TPSA) is 66.9 Å². The van der Waals surface area contributed by atoms with Crippen molar-refractivity contribution in [3.05, 3.63) is 47.0 Å². The number of aromatic nitrogens is 2. The van der Waals surface area contributed by atoms with Crippen LogP contribution in [0.4, 0.5) is 24.8 Å². The average Bonchev–Trinajstić information content (AvgIpc) is 2.51. The number of benzene rings is 1. The summed E-state index contributed by atoms with van der Waals surface area (Å²) < 4.78 is 39.3. The van der Waals surface area contributed by atoms with E-state index in [-0.39, 0.29) is 12.1 Å². The highest BCUT2D eigenvalue weighted by molar-refractivity contribution is 5.90. The standard InChI is InChI=1S/C16H17F3N4O/c1-9-8-10(2)22-16(21-9)20-7-3-4-13(24)23-12-6-5-11(17)14(18)15(12)19/h5-6,8H,3-4,7H2,1-2H3,(H,23,24)(H,20,21,22). The largest absolute Gasteiger partial charge is 0.354 e. The Morgan fingerprint density at radius 1 is 1.08 bits per heavy atom. The van der Waals surface area contributed by atoms with Crippen LogP contribution in [0.2, 0.25) is 0 Å². The number of halogens is 3. The molecule has 1 heterocycles. The quantitative estimate of drug-likeness (QED) is 0.626. The second-order valence-electron chi connectivity index (χ2n) is 5.28. The molecule has 24 heavy (non-hydrogen) atoms. The van der Waals surface area contributed by atoms with Gasteiger partial charge in [-0.05, 0) is 38.5 Å². The van der Waals surface area contributed by atoms with E-state index in [1.54, 1.807) is 0 Å². The van der Waals surface area contributed by atoms with Gasteiger partial charge in [-0.15, -0.1) is 0 Å². The smallest absolute Gasteiger partial charge is 0.224 e. The monoisotopic (exact) mass is 338 g/mol. The zero-order valence-corrected chi connectivity index (χ0v) is 13.3. The van der Waals surface area contributed by atoms with Gasteiger partial charge in [0.15, 0.2) is 17.5 Å². The van der Waals surface area contributed by atoms with Crippen LogP contribution in [-0.4, -0.2) is 22.4 Å². The van der Waals surface area contributed by atoms with Crippen molar-refractivity contribution in [2.24, 2.45) is 0 Å². The van der Waals surface area contributed by atoms with Gasteiger partial charge in [-0.3, -0.25) is 4.79 Å². The molecule has 0 radical (unpaired) electrons. The minimum absolute atomic E-state index is 0.0796. The van der Waals surface area contributed by atoms with Crippen LogP contribution in [0.25, 0.3) is 0 Å². The second kappa shape index (κ2) is 7.76. The van der Waals surface area contributed by atoms with Gasteiger partial charge in [0.2, 0.25) is 11.9 Å². The van der Waals surface area contributed by atoms with E-state index in [0.29, 0.717) is 18.9 Å². The maximum Gasteiger partial charge on any atom is 0.224 e. The van der Waals surface area contributed by atoms with E-state index >= 15 is 0 Å². The first-order valence-corrected chi connectivity index (χ1v) is 7.36. The van der Waals surface area contributed by atoms with Crippen molar-refractivity contribution in [3.8, 4) is 0 Å². The molecule has 2 aromatic rings. The summed E-state index contributed by atoms with van der Waals surface area (Å²) in [4.78, 5) is 20.1. The van der Waals surface area contributed by atoms with Crippen molar-refractivity contribution < 1.29 is 18.0 Å². The van der Waals surface area contributed by atoms with Crippen molar-refractivity contribution in [3.63, 3.8) is 0 Å². The zero-order chi connectivity index (χ0) is 17.7. The summed E-state index contributed by atoms with van der Waals surface area (Å²) in [6.45, 7) is 4.14. The number of rotatable bonds is 6. The van der Waals surface area contributed by atoms with Gasteiger partial charge in [0.05, 0.1) is 5.69 Å². The average molecular weight is 338 g/mol. The Morgan fingerprint density at radius 2 is 1.75 bits per heavy atom. The molecule has 0 saturated carbocycles. The van der Waals surface area contributed by atoms with E-state index in [2.05, 4.69) is 20.6 Å². The molecular weight excluding hydrogens is 321 g/mol. The fraction of sp³-hybridized carbons (Fsp3) is 0.312. The van der Waals surface area contributed by atoms with Crippen LogP contribution in [0.15, 0.2) is 18.2 Å². The molecule has 0 saturated heterocycles. The first-order valence-electron chi connectivity index (χ1n) is 7.36. The van der Waals surface area contributed by atoms with Crippen LogP contribution in [-0.2, 0) is 4.79 Å². The van der Waals surface area contributed by atoms with E-state index in [1.165, 1.54) is 0 Å². The fourth-order valence-corrected chi connectivity index (χ4v) is 2.09. The molecule has 0 unspecified atom stereocenters. The van der Waals surface area contributed by atoms with Gasteiger partial charge in [-0.1, -0.05) is 0 Å². The van der Waals surface area contributed by atoms with Crippen LogP contribution in [0.1, 0.15) is 24.2 Å². The summed E-state index contributed by atoms with van der Waals surface area (Å²) in [6.07, 6.45) is 0.518. The molecule has 0 spiro atoms. The van der Waals surface area contributed by atoms with Crippen molar-refractivity contribution in [2.75, 3.05) is 17.2 Å². The van der Waals surface area contributed by atoms with E-state index in [9.17, 15) is 18.0 Å². The molecular formula is C16H17F3N4O. The lowest BCUT2D eigenvalue weighted by Gasteiger charge is -2.08. The lowest BCUT2D eigenvalue weighted by Crippen LogP contribution is -2.15. The molecule has 0 bridgehead atoms. The number of hydrogen-bond donors (Lipinski definition) is 2. The third-order valence-corrected chi connectivity index (χ3v) is 3.16. The first-order chi connectivity index (χ1) is 11.4. The number of carbonyl (C=O) groups excluding carboxylic acids is 1. The molecule has 2 rings (SSSR count). The minimum atomic E-state index is -1.61. The number of aryl methyl sites for hydroxylation is 2. The summed E-state index contributed by atoms with van der Waals surface area (Å²) in [5.41, 5.74) is 1.28. The summed E-state index contributed by atoms with van der Waals surface area (Å²) in [5.74, 6) is -4.35. The Kier molecular flexibility index (Phi) is 5.73. The Morgan fingerprint density at radius 3 is 2.42 bits per heavy atom. The van der Waals surface area contributed by atoms with E-state index in [0.717, 1.165) is 23.5 Å². The number of hydrogen-bond acceptors (Lipinski definition) is 4. The third kappa shape index (κ3) is 4.68. The SMILES string of the molecule is Cc1cc(C)nc(NCCCC(=O)Nc2ccc(F)c(F)c2F)n1. The maximum atomic E-state index is 13.4. The molecule has 128 valence electrons. The predicted octanol–water partition coefficient (Wildman–Crippen LogP) is 3.34. The highest BCUT2D eigenvalue weighted by Crippen LogP contribution is 2.19. The highest BCUT2D eigenvalue weighted by atomic mass is 19.2. The summed E-state index contributed by atoms with van der Waals surface area (Å²) in [7, 11) is 0. The van der Waals surface area contributed by atoms with Crippen molar-refractivity contribution in [1.82, 2.24) is 9.97 Å². The molecule has 0 aliphatic carbocycles. The fourth-order valence-electron chi connectivity index (χ4n) is 2.09. The summed E-state index contributed by atoms with van der Waals surface area (Å²) in [6, 6.07) is 3.58. The molecule has 1 amide bonds. The molecule has 0 fully saturated rings. The predicted molar refractivity (Wildman–Crippen MR) is 84.2 cm³/mol. The second-order valence-corrected chi connectivity index (χ2v) is 5.28.